The topological polar surface area (TPSA) is 39.7 Å². The third-order valence-electron chi connectivity index (χ3n) is 6.41. The summed E-state index contributed by atoms with van der Waals surface area (Å²) in [6, 6.07) is 16.3. The van der Waals surface area contributed by atoms with Crippen molar-refractivity contribution in [1.29, 1.82) is 0 Å². The van der Waals surface area contributed by atoms with Gasteiger partial charge < -0.3 is 9.80 Å². The molecule has 3 aromatic rings. The average Bonchev–Trinajstić information content (AvgIpc) is 3.24. The maximum atomic E-state index is 12.9. The van der Waals surface area contributed by atoms with Crippen LogP contribution in [0.5, 0.6) is 0 Å². The highest BCUT2D eigenvalue weighted by atomic mass is 35.5. The number of fused-ring (bicyclic) bond motifs is 1. The van der Waals surface area contributed by atoms with E-state index in [9.17, 15) is 4.79 Å². The molecule has 0 saturated carbocycles. The van der Waals surface area contributed by atoms with Crippen molar-refractivity contribution in [3.05, 3.63) is 58.6 Å². The van der Waals surface area contributed by atoms with Gasteiger partial charge in [0.1, 0.15) is 0 Å². The van der Waals surface area contributed by atoms with Gasteiger partial charge in [-0.2, -0.15) is 0 Å². The largest absolute Gasteiger partial charge is 0.369 e. The minimum atomic E-state index is 0.263. The molecule has 162 valence electrons. The highest BCUT2D eigenvalue weighted by molar-refractivity contribution is 7.18. The SMILES string of the molecule is O=C(CN1CCN(c2cccc(Cl)c2)CC1)N1CCC(c2nc3ccccc3s2)CC1. The van der Waals surface area contributed by atoms with Crippen LogP contribution in [0.2, 0.25) is 5.02 Å². The van der Waals surface area contributed by atoms with Crippen molar-refractivity contribution in [2.75, 3.05) is 50.7 Å². The Bertz CT molecular complexity index is 1020. The Hall–Kier alpha value is -2.15. The molecule has 0 bridgehead atoms. The molecule has 0 N–H and O–H groups in total. The summed E-state index contributed by atoms with van der Waals surface area (Å²) in [4.78, 5) is 24.4. The number of piperidine rings is 1. The van der Waals surface area contributed by atoms with Crippen LogP contribution in [0.4, 0.5) is 5.69 Å². The molecule has 2 saturated heterocycles. The predicted octanol–water partition coefficient (Wildman–Crippen LogP) is 4.48. The first-order valence-electron chi connectivity index (χ1n) is 11.0. The molecule has 1 amide bonds. The number of hydrogen-bond acceptors (Lipinski definition) is 5. The van der Waals surface area contributed by atoms with E-state index >= 15 is 0 Å². The number of thiazole rings is 1. The van der Waals surface area contributed by atoms with Gasteiger partial charge in [0, 0.05) is 55.9 Å². The molecule has 3 heterocycles. The first-order chi connectivity index (χ1) is 15.2. The van der Waals surface area contributed by atoms with E-state index in [2.05, 4.69) is 34.1 Å². The van der Waals surface area contributed by atoms with Gasteiger partial charge in [-0.3, -0.25) is 9.69 Å². The molecule has 5 nitrogen and oxygen atoms in total. The van der Waals surface area contributed by atoms with E-state index in [0.29, 0.717) is 12.5 Å². The van der Waals surface area contributed by atoms with Gasteiger partial charge in [-0.15, -0.1) is 11.3 Å². The zero-order valence-corrected chi connectivity index (χ0v) is 19.1. The second kappa shape index (κ2) is 9.15. The molecule has 0 radical (unpaired) electrons. The molecule has 0 unspecified atom stereocenters. The second-order valence-corrected chi connectivity index (χ2v) is 9.92. The van der Waals surface area contributed by atoms with Crippen LogP contribution in [0.15, 0.2) is 48.5 Å². The zero-order valence-electron chi connectivity index (χ0n) is 17.5. The number of amides is 1. The van der Waals surface area contributed by atoms with Crippen LogP contribution in [0.25, 0.3) is 10.2 Å². The molecule has 0 atom stereocenters. The van der Waals surface area contributed by atoms with Crippen molar-refractivity contribution in [1.82, 2.24) is 14.8 Å². The second-order valence-electron chi connectivity index (χ2n) is 8.42. The lowest BCUT2D eigenvalue weighted by atomic mass is 9.97. The summed E-state index contributed by atoms with van der Waals surface area (Å²) in [7, 11) is 0. The molecule has 0 aliphatic carbocycles. The van der Waals surface area contributed by atoms with E-state index in [0.717, 1.165) is 68.3 Å². The summed E-state index contributed by atoms with van der Waals surface area (Å²) in [5.41, 5.74) is 2.26. The van der Waals surface area contributed by atoms with Crippen LogP contribution in [-0.2, 0) is 4.79 Å². The lowest BCUT2D eigenvalue weighted by Crippen LogP contribution is -2.51. The van der Waals surface area contributed by atoms with Crippen molar-refractivity contribution in [2.45, 2.75) is 18.8 Å². The Kier molecular flexibility index (Phi) is 6.12. The molecule has 1 aromatic heterocycles. The number of benzene rings is 2. The van der Waals surface area contributed by atoms with Gasteiger partial charge >= 0.3 is 0 Å². The Labute approximate surface area is 192 Å². The number of rotatable bonds is 4. The van der Waals surface area contributed by atoms with Crippen molar-refractivity contribution in [3.8, 4) is 0 Å². The molecule has 2 aliphatic rings. The van der Waals surface area contributed by atoms with Crippen LogP contribution >= 0.6 is 22.9 Å². The van der Waals surface area contributed by atoms with Crippen LogP contribution in [0.1, 0.15) is 23.8 Å². The van der Waals surface area contributed by atoms with Gasteiger partial charge in [-0.1, -0.05) is 29.8 Å². The molecule has 2 fully saturated rings. The van der Waals surface area contributed by atoms with Crippen LogP contribution in [0.3, 0.4) is 0 Å². The molecule has 2 aliphatic heterocycles. The standard InChI is InChI=1S/C24H27ClN4OS/c25-19-4-3-5-20(16-19)28-14-12-27(13-15-28)17-23(30)29-10-8-18(9-11-29)24-26-21-6-1-2-7-22(21)31-24/h1-7,16,18H,8-15,17H2. The summed E-state index contributed by atoms with van der Waals surface area (Å²) >= 11 is 7.93. The first kappa shape index (κ1) is 20.7. The minimum absolute atomic E-state index is 0.263. The Morgan fingerprint density at radius 3 is 2.52 bits per heavy atom. The smallest absolute Gasteiger partial charge is 0.236 e. The van der Waals surface area contributed by atoms with E-state index in [1.165, 1.54) is 9.71 Å². The van der Waals surface area contributed by atoms with Crippen molar-refractivity contribution in [2.24, 2.45) is 0 Å². The maximum Gasteiger partial charge on any atom is 0.236 e. The number of carbonyl (C=O) groups is 1. The average molecular weight is 455 g/mol. The Morgan fingerprint density at radius 1 is 1.00 bits per heavy atom. The van der Waals surface area contributed by atoms with Gasteiger partial charge in [0.05, 0.1) is 21.8 Å². The van der Waals surface area contributed by atoms with E-state index < -0.39 is 0 Å². The summed E-state index contributed by atoms with van der Waals surface area (Å²) in [6.45, 7) is 5.85. The fraction of sp³-hybridized carbons (Fsp3) is 0.417. The van der Waals surface area contributed by atoms with E-state index in [1.54, 1.807) is 11.3 Å². The van der Waals surface area contributed by atoms with Crippen molar-refractivity contribution < 1.29 is 4.79 Å². The highest BCUT2D eigenvalue weighted by Gasteiger charge is 2.27. The number of halogens is 1. The molecule has 31 heavy (non-hydrogen) atoms. The van der Waals surface area contributed by atoms with Gasteiger partial charge in [-0.05, 0) is 43.2 Å². The van der Waals surface area contributed by atoms with Crippen LogP contribution < -0.4 is 4.90 Å². The molecule has 0 spiro atoms. The van der Waals surface area contributed by atoms with Crippen LogP contribution in [0, 0.1) is 0 Å². The maximum absolute atomic E-state index is 12.9. The van der Waals surface area contributed by atoms with E-state index in [-0.39, 0.29) is 5.91 Å². The normalized spacial score (nSPS) is 18.6. The first-order valence-corrected chi connectivity index (χ1v) is 12.2. The number of piperazine rings is 1. The number of para-hydroxylation sites is 1. The van der Waals surface area contributed by atoms with Gasteiger partial charge in [0.2, 0.25) is 5.91 Å². The fourth-order valence-corrected chi connectivity index (χ4v) is 5.89. The summed E-state index contributed by atoms with van der Waals surface area (Å²) in [6.07, 6.45) is 2.02. The lowest BCUT2D eigenvalue weighted by Gasteiger charge is -2.37. The number of aromatic nitrogens is 1. The minimum Gasteiger partial charge on any atom is -0.369 e. The Balaban J connectivity index is 1.10. The van der Waals surface area contributed by atoms with Crippen LogP contribution in [-0.4, -0.2) is 66.5 Å². The predicted molar refractivity (Wildman–Crippen MR) is 128 cm³/mol. The molecule has 2 aromatic carbocycles. The highest BCUT2D eigenvalue weighted by Crippen LogP contribution is 2.33. The molecular formula is C24H27ClN4OS. The van der Waals surface area contributed by atoms with Gasteiger partial charge in [0.25, 0.3) is 0 Å². The summed E-state index contributed by atoms with van der Waals surface area (Å²) in [5.74, 6) is 0.738. The number of nitrogens with zero attached hydrogens (tertiary/aromatic N) is 4. The monoisotopic (exact) mass is 454 g/mol. The van der Waals surface area contributed by atoms with Crippen molar-refractivity contribution in [3.63, 3.8) is 0 Å². The number of hydrogen-bond donors (Lipinski definition) is 0. The third kappa shape index (κ3) is 4.71. The number of anilines is 1. The molecule has 7 heteroatoms. The number of likely N-dealkylation sites (tertiary alicyclic amines) is 1. The van der Waals surface area contributed by atoms with Crippen molar-refractivity contribution >= 4 is 44.7 Å². The molecule has 5 rings (SSSR count). The van der Waals surface area contributed by atoms with Gasteiger partial charge in [0.15, 0.2) is 0 Å². The summed E-state index contributed by atoms with van der Waals surface area (Å²) in [5, 5.41) is 2.00. The quantitative estimate of drug-likeness (QED) is 0.582. The van der Waals surface area contributed by atoms with E-state index in [4.69, 9.17) is 16.6 Å². The number of carbonyl (C=O) groups excluding carboxylic acids is 1. The third-order valence-corrected chi connectivity index (χ3v) is 7.85. The molecular weight excluding hydrogens is 428 g/mol. The fourth-order valence-electron chi connectivity index (χ4n) is 4.57. The Morgan fingerprint density at radius 2 is 1.77 bits per heavy atom. The van der Waals surface area contributed by atoms with Gasteiger partial charge in [-0.25, -0.2) is 4.98 Å². The van der Waals surface area contributed by atoms with E-state index in [1.807, 2.05) is 29.2 Å². The zero-order chi connectivity index (χ0) is 21.2. The lowest BCUT2D eigenvalue weighted by molar-refractivity contribution is -0.133. The summed E-state index contributed by atoms with van der Waals surface area (Å²) < 4.78 is 1.26.